The van der Waals surface area contributed by atoms with Crippen LogP contribution in [0.4, 0.5) is 0 Å². The van der Waals surface area contributed by atoms with Crippen LogP contribution in [0.3, 0.4) is 0 Å². The van der Waals surface area contributed by atoms with Gasteiger partial charge in [-0.1, -0.05) is 0 Å². The van der Waals surface area contributed by atoms with Crippen molar-refractivity contribution in [3.05, 3.63) is 35.0 Å². The molecule has 2 amide bonds. The first-order valence-electron chi connectivity index (χ1n) is 8.21. The lowest BCUT2D eigenvalue weighted by Gasteiger charge is -2.15. The molecule has 1 aromatic heterocycles. The zero-order valence-electron chi connectivity index (χ0n) is 13.7. The number of benzene rings is 1. The highest BCUT2D eigenvalue weighted by atomic mass is 16.2. The van der Waals surface area contributed by atoms with E-state index in [4.69, 9.17) is 0 Å². The van der Waals surface area contributed by atoms with Crippen molar-refractivity contribution < 1.29 is 9.59 Å². The van der Waals surface area contributed by atoms with Crippen molar-refractivity contribution >= 4 is 22.7 Å². The molecule has 0 bridgehead atoms. The summed E-state index contributed by atoms with van der Waals surface area (Å²) >= 11 is 0. The maximum atomic E-state index is 12.3. The van der Waals surface area contributed by atoms with E-state index >= 15 is 0 Å². The van der Waals surface area contributed by atoms with Crippen molar-refractivity contribution in [2.24, 2.45) is 0 Å². The summed E-state index contributed by atoms with van der Waals surface area (Å²) in [4.78, 5) is 29.4. The number of aromatic nitrogens is 1. The highest BCUT2D eigenvalue weighted by molar-refractivity contribution is 5.99. The van der Waals surface area contributed by atoms with Crippen LogP contribution in [0.15, 0.2) is 18.2 Å². The summed E-state index contributed by atoms with van der Waals surface area (Å²) in [6.45, 7) is 6.17. The van der Waals surface area contributed by atoms with Gasteiger partial charge < -0.3 is 15.2 Å². The molecular weight excluding hydrogens is 290 g/mol. The number of amides is 2. The first-order valence-corrected chi connectivity index (χ1v) is 8.21. The van der Waals surface area contributed by atoms with Crippen molar-refractivity contribution in [1.29, 1.82) is 0 Å². The van der Waals surface area contributed by atoms with Crippen LogP contribution in [0.1, 0.15) is 40.9 Å². The molecular formula is C18H23N3O2. The Morgan fingerprint density at radius 2 is 1.96 bits per heavy atom. The third-order valence-electron chi connectivity index (χ3n) is 4.65. The summed E-state index contributed by atoms with van der Waals surface area (Å²) < 4.78 is 0. The Hall–Kier alpha value is -2.30. The maximum absolute atomic E-state index is 12.3. The first kappa shape index (κ1) is 15.6. The second-order valence-corrected chi connectivity index (χ2v) is 6.23. The molecule has 0 aliphatic carbocycles. The van der Waals surface area contributed by atoms with E-state index < -0.39 is 0 Å². The topological polar surface area (TPSA) is 65.2 Å². The Morgan fingerprint density at radius 1 is 1.22 bits per heavy atom. The van der Waals surface area contributed by atoms with Crippen LogP contribution >= 0.6 is 0 Å². The molecule has 0 radical (unpaired) electrons. The predicted octanol–water partition coefficient (Wildman–Crippen LogP) is 2.53. The SMILES string of the molecule is Cc1[nH]c2ccc(C(=O)NCCC(=O)N3CCCC3)cc2c1C. The molecule has 2 N–H and O–H groups in total. The first-order chi connectivity index (χ1) is 11.1. The van der Waals surface area contributed by atoms with Gasteiger partial charge >= 0.3 is 0 Å². The van der Waals surface area contributed by atoms with Crippen molar-refractivity contribution in [3.8, 4) is 0 Å². The molecule has 0 spiro atoms. The maximum Gasteiger partial charge on any atom is 0.251 e. The van der Waals surface area contributed by atoms with Crippen LogP contribution in [-0.4, -0.2) is 41.3 Å². The number of aromatic amines is 1. The Morgan fingerprint density at radius 3 is 2.70 bits per heavy atom. The monoisotopic (exact) mass is 313 g/mol. The normalized spacial score (nSPS) is 14.4. The Bertz CT molecular complexity index is 742. The number of hydrogen-bond donors (Lipinski definition) is 2. The van der Waals surface area contributed by atoms with Gasteiger partial charge in [-0.25, -0.2) is 0 Å². The number of H-pyrrole nitrogens is 1. The second-order valence-electron chi connectivity index (χ2n) is 6.23. The average Bonchev–Trinajstić information content (AvgIpc) is 3.16. The van der Waals surface area contributed by atoms with E-state index in [-0.39, 0.29) is 11.8 Å². The van der Waals surface area contributed by atoms with Gasteiger partial charge in [-0.2, -0.15) is 0 Å². The quantitative estimate of drug-likeness (QED) is 0.911. The lowest BCUT2D eigenvalue weighted by molar-refractivity contribution is -0.129. The van der Waals surface area contributed by atoms with E-state index in [0.717, 1.165) is 42.5 Å². The number of rotatable bonds is 4. The van der Waals surface area contributed by atoms with E-state index in [1.165, 1.54) is 5.56 Å². The minimum atomic E-state index is -0.126. The third kappa shape index (κ3) is 3.23. The largest absolute Gasteiger partial charge is 0.358 e. The van der Waals surface area contributed by atoms with Crippen molar-refractivity contribution in [1.82, 2.24) is 15.2 Å². The van der Waals surface area contributed by atoms with E-state index in [2.05, 4.69) is 10.3 Å². The molecule has 5 nitrogen and oxygen atoms in total. The molecule has 23 heavy (non-hydrogen) atoms. The van der Waals surface area contributed by atoms with E-state index in [1.807, 2.05) is 36.9 Å². The Kier molecular flexibility index (Phi) is 4.37. The number of aryl methyl sites for hydroxylation is 2. The van der Waals surface area contributed by atoms with Gasteiger partial charge in [0.15, 0.2) is 0 Å². The molecule has 0 atom stereocenters. The molecule has 3 rings (SSSR count). The van der Waals surface area contributed by atoms with Crippen LogP contribution in [0, 0.1) is 13.8 Å². The molecule has 2 aromatic rings. The number of carbonyl (C=O) groups is 2. The highest BCUT2D eigenvalue weighted by Crippen LogP contribution is 2.22. The van der Waals surface area contributed by atoms with Crippen LogP contribution in [0.2, 0.25) is 0 Å². The molecule has 1 aromatic carbocycles. The third-order valence-corrected chi connectivity index (χ3v) is 4.65. The predicted molar refractivity (Wildman–Crippen MR) is 90.5 cm³/mol. The molecule has 1 fully saturated rings. The van der Waals surface area contributed by atoms with Crippen molar-refractivity contribution in [2.75, 3.05) is 19.6 Å². The van der Waals surface area contributed by atoms with Gasteiger partial charge in [-0.05, 0) is 50.5 Å². The summed E-state index contributed by atoms with van der Waals surface area (Å²) in [5.74, 6) is 0.00901. The Balaban J connectivity index is 1.59. The summed E-state index contributed by atoms with van der Waals surface area (Å²) in [7, 11) is 0. The zero-order valence-corrected chi connectivity index (χ0v) is 13.7. The van der Waals surface area contributed by atoms with Crippen LogP contribution in [0.5, 0.6) is 0 Å². The lowest BCUT2D eigenvalue weighted by Crippen LogP contribution is -2.32. The number of carbonyl (C=O) groups excluding carboxylic acids is 2. The fraction of sp³-hybridized carbons (Fsp3) is 0.444. The number of likely N-dealkylation sites (tertiary alicyclic amines) is 1. The van der Waals surface area contributed by atoms with Crippen LogP contribution < -0.4 is 5.32 Å². The van der Waals surface area contributed by atoms with Gasteiger partial charge in [0.05, 0.1) is 0 Å². The molecule has 1 aliphatic heterocycles. The van der Waals surface area contributed by atoms with Gasteiger partial charge in [-0.3, -0.25) is 9.59 Å². The van der Waals surface area contributed by atoms with Crippen LogP contribution in [-0.2, 0) is 4.79 Å². The standard InChI is InChI=1S/C18H23N3O2/c1-12-13(2)20-16-6-5-14(11-15(12)16)18(23)19-8-7-17(22)21-9-3-4-10-21/h5-6,11,20H,3-4,7-10H2,1-2H3,(H,19,23). The van der Waals surface area contributed by atoms with E-state index in [1.54, 1.807) is 0 Å². The molecule has 1 aliphatic rings. The molecule has 2 heterocycles. The molecule has 0 saturated carbocycles. The summed E-state index contributed by atoms with van der Waals surface area (Å²) in [5, 5.41) is 3.92. The van der Waals surface area contributed by atoms with E-state index in [0.29, 0.717) is 18.5 Å². The summed E-state index contributed by atoms with van der Waals surface area (Å²) in [6, 6.07) is 5.65. The van der Waals surface area contributed by atoms with Crippen LogP contribution in [0.25, 0.3) is 10.9 Å². The number of nitrogens with one attached hydrogen (secondary N) is 2. The van der Waals surface area contributed by atoms with Crippen molar-refractivity contribution in [3.63, 3.8) is 0 Å². The average molecular weight is 313 g/mol. The molecule has 0 unspecified atom stereocenters. The number of nitrogens with zero attached hydrogens (tertiary/aromatic N) is 1. The number of hydrogen-bond acceptors (Lipinski definition) is 2. The molecule has 122 valence electrons. The zero-order chi connectivity index (χ0) is 16.4. The Labute approximate surface area is 136 Å². The molecule has 1 saturated heterocycles. The minimum Gasteiger partial charge on any atom is -0.358 e. The van der Waals surface area contributed by atoms with E-state index in [9.17, 15) is 9.59 Å². The van der Waals surface area contributed by atoms with Gasteiger partial charge in [0.25, 0.3) is 5.91 Å². The smallest absolute Gasteiger partial charge is 0.251 e. The lowest BCUT2D eigenvalue weighted by atomic mass is 10.1. The van der Waals surface area contributed by atoms with Gasteiger partial charge in [0.2, 0.25) is 5.91 Å². The van der Waals surface area contributed by atoms with Gasteiger partial charge in [-0.15, -0.1) is 0 Å². The van der Waals surface area contributed by atoms with Crippen molar-refractivity contribution in [2.45, 2.75) is 33.1 Å². The summed E-state index contributed by atoms with van der Waals surface area (Å²) in [6.07, 6.45) is 2.55. The number of fused-ring (bicyclic) bond motifs is 1. The highest BCUT2D eigenvalue weighted by Gasteiger charge is 2.17. The van der Waals surface area contributed by atoms with Gasteiger partial charge in [0, 0.05) is 48.2 Å². The fourth-order valence-corrected chi connectivity index (χ4v) is 3.11. The minimum absolute atomic E-state index is 0.126. The fourth-order valence-electron chi connectivity index (χ4n) is 3.11. The van der Waals surface area contributed by atoms with Gasteiger partial charge in [0.1, 0.15) is 0 Å². The second kappa shape index (κ2) is 6.44. The molecule has 5 heteroatoms. The summed E-state index contributed by atoms with van der Waals surface area (Å²) in [5.41, 5.74) is 3.96.